The number of para-hydroxylation sites is 2. The van der Waals surface area contributed by atoms with Crippen LogP contribution in [0.1, 0.15) is 25.7 Å². The summed E-state index contributed by atoms with van der Waals surface area (Å²) in [5.74, 6) is 6.65. The van der Waals surface area contributed by atoms with E-state index >= 15 is 0 Å². The molecule has 202 valence electrons. The highest BCUT2D eigenvalue weighted by molar-refractivity contribution is 5.80. The molecular formula is C31H30FNO6. The zero-order chi connectivity index (χ0) is 27.3. The zero-order valence-corrected chi connectivity index (χ0v) is 21.5. The molecule has 1 fully saturated rings. The smallest absolute Gasteiger partial charge is 0.415 e. The van der Waals surface area contributed by atoms with Gasteiger partial charge < -0.3 is 18.9 Å². The van der Waals surface area contributed by atoms with Crippen molar-refractivity contribution in [3.05, 3.63) is 90.7 Å². The first-order valence-electron chi connectivity index (χ1n) is 12.8. The number of hydrogen-bond donors (Lipinski definition) is 0. The minimum atomic E-state index is -0.667. The molecule has 0 unspecified atom stereocenters. The molecule has 3 aromatic carbocycles. The van der Waals surface area contributed by atoms with Crippen molar-refractivity contribution >= 4 is 12.1 Å². The lowest BCUT2D eigenvalue weighted by Crippen LogP contribution is -2.39. The molecule has 7 nitrogen and oxygen atoms in total. The van der Waals surface area contributed by atoms with Crippen LogP contribution in [0.3, 0.4) is 0 Å². The van der Waals surface area contributed by atoms with Gasteiger partial charge in [0.15, 0.2) is 0 Å². The van der Waals surface area contributed by atoms with E-state index in [1.807, 2.05) is 12.1 Å². The molecule has 8 heteroatoms. The van der Waals surface area contributed by atoms with Gasteiger partial charge in [-0.05, 0) is 67.8 Å². The maximum absolute atomic E-state index is 13.1. The van der Waals surface area contributed by atoms with Gasteiger partial charge in [0.1, 0.15) is 42.3 Å². The Bertz CT molecular complexity index is 1260. The number of carbonyl (C=O) groups is 2. The number of rotatable bonds is 9. The van der Waals surface area contributed by atoms with Gasteiger partial charge >= 0.3 is 12.1 Å². The summed E-state index contributed by atoms with van der Waals surface area (Å²) in [7, 11) is 0. The van der Waals surface area contributed by atoms with Crippen molar-refractivity contribution in [2.75, 3.05) is 19.7 Å². The van der Waals surface area contributed by atoms with E-state index in [-0.39, 0.29) is 31.1 Å². The van der Waals surface area contributed by atoms with Crippen molar-refractivity contribution in [1.82, 2.24) is 4.90 Å². The summed E-state index contributed by atoms with van der Waals surface area (Å²) in [6.45, 7) is 0.240. The van der Waals surface area contributed by atoms with Crippen LogP contribution in [-0.2, 0) is 9.53 Å². The second-order valence-corrected chi connectivity index (χ2v) is 8.90. The lowest BCUT2D eigenvalue weighted by atomic mass is 10.0. The number of esters is 1. The molecule has 0 spiro atoms. The van der Waals surface area contributed by atoms with Crippen LogP contribution in [0.5, 0.6) is 17.2 Å². The van der Waals surface area contributed by atoms with Crippen LogP contribution in [0.25, 0.3) is 0 Å². The van der Waals surface area contributed by atoms with Gasteiger partial charge in [-0.25, -0.2) is 14.0 Å². The molecular weight excluding hydrogens is 501 g/mol. The highest BCUT2D eigenvalue weighted by Crippen LogP contribution is 2.20. The Balaban J connectivity index is 1.29. The predicted octanol–water partition coefficient (Wildman–Crippen LogP) is 5.64. The first-order valence-corrected chi connectivity index (χ1v) is 12.8. The third-order valence-electron chi connectivity index (χ3n) is 5.87. The summed E-state index contributed by atoms with van der Waals surface area (Å²) in [4.78, 5) is 26.6. The number of carbonyl (C=O) groups excluding carboxylic acids is 2. The molecule has 1 saturated heterocycles. The van der Waals surface area contributed by atoms with E-state index in [0.29, 0.717) is 30.3 Å². The maximum atomic E-state index is 13.1. The Morgan fingerprint density at radius 3 is 2.23 bits per heavy atom. The highest BCUT2D eigenvalue weighted by atomic mass is 19.1. The van der Waals surface area contributed by atoms with E-state index in [0.717, 1.165) is 19.3 Å². The Morgan fingerprint density at radius 2 is 1.54 bits per heavy atom. The van der Waals surface area contributed by atoms with Gasteiger partial charge in [0.25, 0.3) is 0 Å². The second-order valence-electron chi connectivity index (χ2n) is 8.90. The quantitative estimate of drug-likeness (QED) is 0.202. The third kappa shape index (κ3) is 9.47. The molecule has 39 heavy (non-hydrogen) atoms. The molecule has 1 amide bonds. The number of halogens is 1. The van der Waals surface area contributed by atoms with Crippen molar-refractivity contribution in [3.8, 4) is 29.1 Å². The number of benzene rings is 3. The van der Waals surface area contributed by atoms with E-state index in [1.54, 1.807) is 60.7 Å². The van der Waals surface area contributed by atoms with Gasteiger partial charge in [0, 0.05) is 13.0 Å². The number of amides is 1. The summed E-state index contributed by atoms with van der Waals surface area (Å²) in [6, 6.07) is 23.2. The predicted molar refractivity (Wildman–Crippen MR) is 143 cm³/mol. The third-order valence-corrected chi connectivity index (χ3v) is 5.87. The van der Waals surface area contributed by atoms with Gasteiger partial charge in [0.05, 0.1) is 6.10 Å². The molecule has 0 aromatic heterocycles. The standard InChI is InChI=1S/C31H30FNO6/c32-24-17-19-25(20-18-24)36-23-29-16-9-15-26(37-29)14-7-8-21-33(31(35)39-28-12-5-2-6-13-28)22-30(34)38-27-10-3-1-4-11-27/h1-6,10-13,17-20,26,29H,8-9,15-16,21-23H2/t26-,29+/m1/s1. The topological polar surface area (TPSA) is 74.3 Å². The van der Waals surface area contributed by atoms with Crippen LogP contribution in [-0.4, -0.2) is 48.9 Å². The maximum Gasteiger partial charge on any atom is 0.415 e. The van der Waals surface area contributed by atoms with Crippen LogP contribution >= 0.6 is 0 Å². The zero-order valence-electron chi connectivity index (χ0n) is 21.5. The van der Waals surface area contributed by atoms with Gasteiger partial charge in [0.2, 0.25) is 0 Å². The van der Waals surface area contributed by atoms with Gasteiger partial charge in [-0.3, -0.25) is 4.90 Å². The van der Waals surface area contributed by atoms with Crippen LogP contribution in [0.4, 0.5) is 9.18 Å². The first kappa shape index (κ1) is 27.7. The van der Waals surface area contributed by atoms with Gasteiger partial charge in [-0.15, -0.1) is 0 Å². The largest absolute Gasteiger partial charge is 0.491 e. The molecule has 0 radical (unpaired) electrons. The van der Waals surface area contributed by atoms with E-state index < -0.39 is 12.1 Å². The van der Waals surface area contributed by atoms with Crippen molar-refractivity contribution in [2.24, 2.45) is 0 Å². The fourth-order valence-corrected chi connectivity index (χ4v) is 3.92. The fourth-order valence-electron chi connectivity index (χ4n) is 3.92. The molecule has 3 aromatic rings. The Kier molecular flexibility index (Phi) is 10.3. The SMILES string of the molecule is O=C(CN(CCC#C[C@@H]1CCC[C@@H](COc2ccc(F)cc2)O1)C(=O)Oc1ccccc1)Oc1ccccc1. The Morgan fingerprint density at radius 1 is 0.872 bits per heavy atom. The molecule has 1 aliphatic rings. The lowest BCUT2D eigenvalue weighted by molar-refractivity contribution is -0.135. The van der Waals surface area contributed by atoms with Crippen molar-refractivity contribution < 1.29 is 32.9 Å². The van der Waals surface area contributed by atoms with E-state index in [1.165, 1.54) is 17.0 Å². The molecule has 4 rings (SSSR count). The molecule has 0 saturated carbocycles. The van der Waals surface area contributed by atoms with Crippen molar-refractivity contribution in [3.63, 3.8) is 0 Å². The molecule has 0 N–H and O–H groups in total. The summed E-state index contributed by atoms with van der Waals surface area (Å²) in [5.41, 5.74) is 0. The molecule has 2 atom stereocenters. The lowest BCUT2D eigenvalue weighted by Gasteiger charge is -2.27. The fraction of sp³-hybridized carbons (Fsp3) is 0.290. The highest BCUT2D eigenvalue weighted by Gasteiger charge is 2.22. The van der Waals surface area contributed by atoms with E-state index in [4.69, 9.17) is 18.9 Å². The van der Waals surface area contributed by atoms with Gasteiger partial charge in [-0.2, -0.15) is 0 Å². The van der Waals surface area contributed by atoms with Crippen molar-refractivity contribution in [2.45, 2.75) is 37.9 Å². The average molecular weight is 532 g/mol. The first-order chi connectivity index (χ1) is 19.0. The summed E-state index contributed by atoms with van der Waals surface area (Å²) >= 11 is 0. The number of nitrogens with zero attached hydrogens (tertiary/aromatic N) is 1. The minimum Gasteiger partial charge on any atom is -0.491 e. The van der Waals surface area contributed by atoms with Crippen molar-refractivity contribution in [1.29, 1.82) is 0 Å². The molecule has 0 bridgehead atoms. The van der Waals surface area contributed by atoms with Crippen LogP contribution in [0.2, 0.25) is 0 Å². The molecule has 0 aliphatic carbocycles. The van der Waals surface area contributed by atoms with Gasteiger partial charge in [-0.1, -0.05) is 48.2 Å². The van der Waals surface area contributed by atoms with Crippen LogP contribution in [0.15, 0.2) is 84.9 Å². The summed E-state index contributed by atoms with van der Waals surface area (Å²) in [5, 5.41) is 0. The molecule has 1 aliphatic heterocycles. The van der Waals surface area contributed by atoms with E-state index in [2.05, 4.69) is 11.8 Å². The monoisotopic (exact) mass is 531 g/mol. The second kappa shape index (κ2) is 14.6. The number of hydrogen-bond acceptors (Lipinski definition) is 6. The van der Waals surface area contributed by atoms with Crippen LogP contribution < -0.4 is 14.2 Å². The Labute approximate surface area is 227 Å². The molecule has 1 heterocycles. The van der Waals surface area contributed by atoms with Crippen LogP contribution in [0, 0.1) is 17.7 Å². The number of ether oxygens (including phenoxy) is 4. The normalized spacial score (nSPS) is 16.3. The van der Waals surface area contributed by atoms with E-state index in [9.17, 15) is 14.0 Å². The summed E-state index contributed by atoms with van der Waals surface area (Å²) < 4.78 is 35.6. The minimum absolute atomic E-state index is 0.117. The summed E-state index contributed by atoms with van der Waals surface area (Å²) in [6.07, 6.45) is 1.86. The Hall–Kier alpha value is -4.35. The average Bonchev–Trinajstić information content (AvgIpc) is 2.95.